The van der Waals surface area contributed by atoms with Crippen molar-refractivity contribution in [2.75, 3.05) is 27.9 Å². The lowest BCUT2D eigenvalue weighted by atomic mass is 9.75. The molecule has 5 heteroatoms. The van der Waals surface area contributed by atoms with Crippen molar-refractivity contribution in [1.29, 1.82) is 0 Å². The Bertz CT molecular complexity index is 888. The third-order valence-corrected chi connectivity index (χ3v) is 6.56. The van der Waals surface area contributed by atoms with Crippen LogP contribution >= 0.6 is 0 Å². The quantitative estimate of drug-likeness (QED) is 0.723. The maximum absolute atomic E-state index is 13.9. The predicted octanol–water partition coefficient (Wildman–Crippen LogP) is 4.50. The van der Waals surface area contributed by atoms with E-state index in [1.54, 1.807) is 21.3 Å². The van der Waals surface area contributed by atoms with Crippen LogP contribution in [-0.4, -0.2) is 38.7 Å². The summed E-state index contributed by atoms with van der Waals surface area (Å²) >= 11 is 0. The van der Waals surface area contributed by atoms with Crippen molar-refractivity contribution in [2.45, 2.75) is 43.6 Å². The molecule has 2 aromatic carbocycles. The van der Waals surface area contributed by atoms with E-state index >= 15 is 0 Å². The fourth-order valence-electron chi connectivity index (χ4n) is 4.84. The Morgan fingerprint density at radius 3 is 2.34 bits per heavy atom. The highest BCUT2D eigenvalue weighted by molar-refractivity contribution is 5.90. The van der Waals surface area contributed by atoms with E-state index in [1.165, 1.54) is 0 Å². The first-order valence-electron chi connectivity index (χ1n) is 10.3. The van der Waals surface area contributed by atoms with Gasteiger partial charge in [-0.05, 0) is 54.7 Å². The first-order valence-corrected chi connectivity index (χ1v) is 10.3. The van der Waals surface area contributed by atoms with Gasteiger partial charge in [-0.1, -0.05) is 31.0 Å². The molecule has 1 saturated carbocycles. The van der Waals surface area contributed by atoms with Gasteiger partial charge in [0, 0.05) is 6.54 Å². The summed E-state index contributed by atoms with van der Waals surface area (Å²) in [5.74, 6) is 2.44. The summed E-state index contributed by atoms with van der Waals surface area (Å²) in [6, 6.07) is 14.1. The lowest BCUT2D eigenvalue weighted by Gasteiger charge is -2.46. The second-order valence-electron chi connectivity index (χ2n) is 7.94. The van der Waals surface area contributed by atoms with Crippen LogP contribution in [0.3, 0.4) is 0 Å². The molecule has 1 heterocycles. The normalized spacial score (nSPS) is 20.1. The zero-order chi connectivity index (χ0) is 20.4. The number of likely N-dealkylation sites (tertiary alicyclic amines) is 1. The van der Waals surface area contributed by atoms with E-state index in [4.69, 9.17) is 14.2 Å². The highest BCUT2D eigenvalue weighted by Crippen LogP contribution is 2.48. The van der Waals surface area contributed by atoms with Crippen LogP contribution in [0.1, 0.15) is 49.3 Å². The Balaban J connectivity index is 1.66. The number of amides is 1. The van der Waals surface area contributed by atoms with Gasteiger partial charge in [0.15, 0.2) is 11.5 Å². The summed E-state index contributed by atoms with van der Waals surface area (Å²) in [7, 11) is 4.94. The molecule has 29 heavy (non-hydrogen) atoms. The van der Waals surface area contributed by atoms with Crippen LogP contribution in [0, 0.1) is 0 Å². The standard InChI is InChI=1S/C24H29NO4/c1-27-19-8-6-7-17(15-19)20-11-14-25(20)23(26)24(12-4-5-13-24)18-9-10-21(28-2)22(16-18)29-3/h6-10,15-16,20H,4-5,11-14H2,1-3H3/t20-/m1/s1. The van der Waals surface area contributed by atoms with Crippen LogP contribution in [0.15, 0.2) is 42.5 Å². The molecule has 0 N–H and O–H groups in total. The number of carbonyl (C=O) groups is 1. The fraction of sp³-hybridized carbons (Fsp3) is 0.458. The van der Waals surface area contributed by atoms with Gasteiger partial charge in [-0.15, -0.1) is 0 Å². The molecule has 0 aromatic heterocycles. The maximum Gasteiger partial charge on any atom is 0.233 e. The summed E-state index contributed by atoms with van der Waals surface area (Å²) in [6.07, 6.45) is 4.88. The molecular formula is C24H29NO4. The number of rotatable bonds is 6. The van der Waals surface area contributed by atoms with Crippen molar-refractivity contribution in [3.05, 3.63) is 53.6 Å². The Morgan fingerprint density at radius 1 is 0.966 bits per heavy atom. The molecule has 5 nitrogen and oxygen atoms in total. The molecule has 1 saturated heterocycles. The summed E-state index contributed by atoms with van der Waals surface area (Å²) < 4.78 is 16.3. The molecule has 0 spiro atoms. The predicted molar refractivity (Wildman–Crippen MR) is 112 cm³/mol. The van der Waals surface area contributed by atoms with E-state index in [0.717, 1.165) is 55.5 Å². The monoisotopic (exact) mass is 395 g/mol. The second kappa shape index (κ2) is 7.97. The van der Waals surface area contributed by atoms with Crippen molar-refractivity contribution in [3.8, 4) is 17.2 Å². The highest BCUT2D eigenvalue weighted by Gasteiger charge is 2.49. The van der Waals surface area contributed by atoms with Crippen molar-refractivity contribution < 1.29 is 19.0 Å². The topological polar surface area (TPSA) is 48.0 Å². The summed E-state index contributed by atoms with van der Waals surface area (Å²) in [5, 5.41) is 0. The summed E-state index contributed by atoms with van der Waals surface area (Å²) in [5.41, 5.74) is 1.70. The summed E-state index contributed by atoms with van der Waals surface area (Å²) in [4.78, 5) is 15.9. The minimum absolute atomic E-state index is 0.121. The molecule has 1 aliphatic heterocycles. The number of benzene rings is 2. The van der Waals surface area contributed by atoms with Crippen molar-refractivity contribution in [3.63, 3.8) is 0 Å². The molecule has 2 aliphatic rings. The maximum atomic E-state index is 13.9. The average molecular weight is 395 g/mol. The van der Waals surface area contributed by atoms with Gasteiger partial charge < -0.3 is 19.1 Å². The number of ether oxygens (including phenoxy) is 3. The highest BCUT2D eigenvalue weighted by atomic mass is 16.5. The molecule has 1 aliphatic carbocycles. The zero-order valence-electron chi connectivity index (χ0n) is 17.4. The minimum Gasteiger partial charge on any atom is -0.497 e. The van der Waals surface area contributed by atoms with Crippen molar-refractivity contribution >= 4 is 5.91 Å². The van der Waals surface area contributed by atoms with Crippen molar-refractivity contribution in [2.24, 2.45) is 0 Å². The van der Waals surface area contributed by atoms with E-state index in [9.17, 15) is 4.79 Å². The molecule has 2 aromatic rings. The number of methoxy groups -OCH3 is 3. The molecular weight excluding hydrogens is 366 g/mol. The largest absolute Gasteiger partial charge is 0.497 e. The molecule has 0 radical (unpaired) electrons. The summed E-state index contributed by atoms with van der Waals surface area (Å²) in [6.45, 7) is 0.801. The first-order chi connectivity index (χ1) is 14.1. The fourth-order valence-corrected chi connectivity index (χ4v) is 4.84. The molecule has 0 unspecified atom stereocenters. The third kappa shape index (κ3) is 3.33. The van der Waals surface area contributed by atoms with Crippen LogP contribution in [0.4, 0.5) is 0 Å². The van der Waals surface area contributed by atoms with E-state index in [0.29, 0.717) is 11.5 Å². The van der Waals surface area contributed by atoms with Gasteiger partial charge in [0.05, 0.1) is 32.8 Å². The number of carbonyl (C=O) groups excluding carboxylic acids is 1. The average Bonchev–Trinajstić information content (AvgIpc) is 3.23. The Morgan fingerprint density at radius 2 is 1.72 bits per heavy atom. The van der Waals surface area contributed by atoms with E-state index in [1.807, 2.05) is 36.4 Å². The van der Waals surface area contributed by atoms with Gasteiger partial charge in [-0.2, -0.15) is 0 Å². The molecule has 1 amide bonds. The third-order valence-electron chi connectivity index (χ3n) is 6.56. The SMILES string of the molecule is COc1cccc([C@H]2CCN2C(=O)C2(c3ccc(OC)c(OC)c3)CCCC2)c1. The molecule has 4 rings (SSSR count). The second-order valence-corrected chi connectivity index (χ2v) is 7.94. The Hall–Kier alpha value is -2.69. The lowest BCUT2D eigenvalue weighted by molar-refractivity contribution is -0.145. The van der Waals surface area contributed by atoms with Gasteiger partial charge in [-0.3, -0.25) is 4.79 Å². The smallest absolute Gasteiger partial charge is 0.233 e. The van der Waals surface area contributed by atoms with Crippen LogP contribution in [0.25, 0.3) is 0 Å². The van der Waals surface area contributed by atoms with Crippen LogP contribution < -0.4 is 14.2 Å². The van der Waals surface area contributed by atoms with Gasteiger partial charge in [0.2, 0.25) is 5.91 Å². The van der Waals surface area contributed by atoms with E-state index < -0.39 is 5.41 Å². The van der Waals surface area contributed by atoms with Gasteiger partial charge in [0.1, 0.15) is 5.75 Å². The van der Waals surface area contributed by atoms with Gasteiger partial charge in [0.25, 0.3) is 0 Å². The van der Waals surface area contributed by atoms with Crippen LogP contribution in [0.2, 0.25) is 0 Å². The van der Waals surface area contributed by atoms with Gasteiger partial charge in [-0.25, -0.2) is 0 Å². The van der Waals surface area contributed by atoms with E-state index in [-0.39, 0.29) is 11.9 Å². The minimum atomic E-state index is -0.475. The van der Waals surface area contributed by atoms with E-state index in [2.05, 4.69) is 11.0 Å². The first kappa shape index (κ1) is 19.6. The van der Waals surface area contributed by atoms with Crippen molar-refractivity contribution in [1.82, 2.24) is 4.90 Å². The number of hydrogen-bond acceptors (Lipinski definition) is 4. The van der Waals surface area contributed by atoms with Crippen LogP contribution in [-0.2, 0) is 10.2 Å². The molecule has 1 atom stereocenters. The molecule has 154 valence electrons. The van der Waals surface area contributed by atoms with Gasteiger partial charge >= 0.3 is 0 Å². The molecule has 2 fully saturated rings. The lowest BCUT2D eigenvalue weighted by Crippen LogP contribution is -2.53. The number of nitrogens with zero attached hydrogens (tertiary/aromatic N) is 1. The Labute approximate surface area is 172 Å². The Kier molecular flexibility index (Phi) is 5.39. The number of hydrogen-bond donors (Lipinski definition) is 0. The molecule has 0 bridgehead atoms. The zero-order valence-corrected chi connectivity index (χ0v) is 17.4. The van der Waals surface area contributed by atoms with Crippen LogP contribution in [0.5, 0.6) is 17.2 Å².